The molecule has 5 nitrogen and oxygen atoms in total. The second-order valence-corrected chi connectivity index (χ2v) is 8.85. The number of rotatable bonds is 10. The predicted molar refractivity (Wildman–Crippen MR) is 125 cm³/mol. The SMILES string of the molecule is CN(CCCOc1ccccc1)Cc1cnc([C@@](O)(c2ccccc2)C2CCCCC2)o1. The van der Waals surface area contributed by atoms with Crippen molar-refractivity contribution in [3.05, 3.63) is 84.1 Å². The van der Waals surface area contributed by atoms with E-state index in [1.807, 2.05) is 60.7 Å². The van der Waals surface area contributed by atoms with Crippen LogP contribution in [0.15, 0.2) is 71.3 Å². The van der Waals surface area contributed by atoms with Gasteiger partial charge in [-0.15, -0.1) is 0 Å². The van der Waals surface area contributed by atoms with E-state index in [4.69, 9.17) is 9.15 Å². The first kappa shape index (κ1) is 22.6. The third-order valence-corrected chi connectivity index (χ3v) is 6.41. The van der Waals surface area contributed by atoms with Crippen molar-refractivity contribution in [2.45, 2.75) is 50.7 Å². The van der Waals surface area contributed by atoms with Gasteiger partial charge < -0.3 is 14.3 Å². The zero-order valence-corrected chi connectivity index (χ0v) is 19.0. The van der Waals surface area contributed by atoms with E-state index >= 15 is 0 Å². The van der Waals surface area contributed by atoms with Crippen molar-refractivity contribution in [2.24, 2.45) is 5.92 Å². The summed E-state index contributed by atoms with van der Waals surface area (Å²) in [5, 5.41) is 11.9. The Balaban J connectivity index is 1.38. The van der Waals surface area contributed by atoms with Gasteiger partial charge in [0.05, 0.1) is 19.3 Å². The predicted octanol–water partition coefficient (Wildman–Crippen LogP) is 5.39. The highest BCUT2D eigenvalue weighted by Gasteiger charge is 2.44. The minimum absolute atomic E-state index is 0.123. The van der Waals surface area contributed by atoms with Crippen LogP contribution in [0.4, 0.5) is 0 Å². The summed E-state index contributed by atoms with van der Waals surface area (Å²) in [6, 6.07) is 19.8. The number of aromatic nitrogens is 1. The third-order valence-electron chi connectivity index (χ3n) is 6.41. The Hall–Kier alpha value is -2.63. The fourth-order valence-electron chi connectivity index (χ4n) is 4.69. The summed E-state index contributed by atoms with van der Waals surface area (Å²) in [4.78, 5) is 6.76. The summed E-state index contributed by atoms with van der Waals surface area (Å²) in [6.07, 6.45) is 8.18. The van der Waals surface area contributed by atoms with E-state index in [0.29, 0.717) is 19.0 Å². The molecule has 1 aromatic heterocycles. The Morgan fingerprint density at radius 1 is 1.03 bits per heavy atom. The molecular weight excluding hydrogens is 400 g/mol. The largest absolute Gasteiger partial charge is 0.494 e. The first-order valence-corrected chi connectivity index (χ1v) is 11.8. The van der Waals surface area contributed by atoms with E-state index in [0.717, 1.165) is 55.7 Å². The van der Waals surface area contributed by atoms with Gasteiger partial charge in [-0.1, -0.05) is 67.8 Å². The lowest BCUT2D eigenvalue weighted by Gasteiger charge is -2.36. The first-order valence-electron chi connectivity index (χ1n) is 11.8. The zero-order chi connectivity index (χ0) is 22.2. The number of hydrogen-bond acceptors (Lipinski definition) is 5. The summed E-state index contributed by atoms with van der Waals surface area (Å²) in [7, 11) is 2.06. The fourth-order valence-corrected chi connectivity index (χ4v) is 4.69. The Kier molecular flexibility index (Phi) is 7.61. The molecule has 0 spiro atoms. The highest BCUT2D eigenvalue weighted by Crippen LogP contribution is 2.43. The highest BCUT2D eigenvalue weighted by molar-refractivity contribution is 5.30. The van der Waals surface area contributed by atoms with Gasteiger partial charge in [0.15, 0.2) is 5.60 Å². The van der Waals surface area contributed by atoms with Crippen molar-refractivity contribution < 1.29 is 14.3 Å². The van der Waals surface area contributed by atoms with Crippen molar-refractivity contribution in [2.75, 3.05) is 20.2 Å². The van der Waals surface area contributed by atoms with Crippen LogP contribution >= 0.6 is 0 Å². The molecule has 3 aromatic rings. The molecule has 0 amide bonds. The van der Waals surface area contributed by atoms with E-state index in [2.05, 4.69) is 16.9 Å². The molecule has 1 aliphatic rings. The Morgan fingerprint density at radius 3 is 2.44 bits per heavy atom. The van der Waals surface area contributed by atoms with Gasteiger partial charge in [0.2, 0.25) is 5.89 Å². The van der Waals surface area contributed by atoms with Gasteiger partial charge in [0.1, 0.15) is 11.5 Å². The van der Waals surface area contributed by atoms with Gasteiger partial charge in [0.25, 0.3) is 0 Å². The van der Waals surface area contributed by atoms with Crippen LogP contribution in [0.3, 0.4) is 0 Å². The fraction of sp³-hybridized carbons (Fsp3) is 0.444. The van der Waals surface area contributed by atoms with Crippen LogP contribution in [0.1, 0.15) is 55.7 Å². The van der Waals surface area contributed by atoms with Gasteiger partial charge in [0, 0.05) is 12.5 Å². The molecule has 1 N–H and O–H groups in total. The van der Waals surface area contributed by atoms with Gasteiger partial charge in [-0.3, -0.25) is 4.90 Å². The molecule has 0 unspecified atom stereocenters. The molecule has 1 atom stereocenters. The van der Waals surface area contributed by atoms with Crippen molar-refractivity contribution in [3.63, 3.8) is 0 Å². The lowest BCUT2D eigenvalue weighted by Crippen LogP contribution is -2.38. The van der Waals surface area contributed by atoms with Crippen LogP contribution in [-0.2, 0) is 12.1 Å². The minimum Gasteiger partial charge on any atom is -0.494 e. The van der Waals surface area contributed by atoms with Crippen molar-refractivity contribution in [3.8, 4) is 5.75 Å². The van der Waals surface area contributed by atoms with E-state index in [9.17, 15) is 5.11 Å². The zero-order valence-electron chi connectivity index (χ0n) is 19.0. The molecule has 0 aliphatic heterocycles. The lowest BCUT2D eigenvalue weighted by molar-refractivity contribution is -0.0242. The topological polar surface area (TPSA) is 58.7 Å². The average Bonchev–Trinajstić information content (AvgIpc) is 3.32. The van der Waals surface area contributed by atoms with E-state index in [-0.39, 0.29) is 5.92 Å². The van der Waals surface area contributed by atoms with E-state index < -0.39 is 5.60 Å². The van der Waals surface area contributed by atoms with Gasteiger partial charge in [-0.05, 0) is 44.0 Å². The molecule has 5 heteroatoms. The molecule has 170 valence electrons. The number of ether oxygens (including phenoxy) is 1. The maximum Gasteiger partial charge on any atom is 0.231 e. The number of para-hydroxylation sites is 1. The molecule has 1 fully saturated rings. The molecule has 4 rings (SSSR count). The Morgan fingerprint density at radius 2 is 1.72 bits per heavy atom. The smallest absolute Gasteiger partial charge is 0.231 e. The molecular formula is C27H34N2O3. The summed E-state index contributed by atoms with van der Waals surface area (Å²) in [5.74, 6) is 2.22. The van der Waals surface area contributed by atoms with Gasteiger partial charge in [-0.25, -0.2) is 4.98 Å². The quantitative estimate of drug-likeness (QED) is 0.434. The molecule has 1 aliphatic carbocycles. The van der Waals surface area contributed by atoms with E-state index in [1.54, 1.807) is 6.20 Å². The van der Waals surface area contributed by atoms with Gasteiger partial charge in [-0.2, -0.15) is 0 Å². The van der Waals surface area contributed by atoms with Crippen molar-refractivity contribution in [1.29, 1.82) is 0 Å². The summed E-state index contributed by atoms with van der Waals surface area (Å²) < 4.78 is 11.9. The molecule has 0 bridgehead atoms. The Labute approximate surface area is 191 Å². The minimum atomic E-state index is -1.18. The second-order valence-electron chi connectivity index (χ2n) is 8.85. The van der Waals surface area contributed by atoms with Crippen molar-refractivity contribution >= 4 is 0 Å². The second kappa shape index (κ2) is 10.8. The maximum absolute atomic E-state index is 11.9. The van der Waals surface area contributed by atoms with Crippen LogP contribution in [0.5, 0.6) is 5.75 Å². The molecule has 32 heavy (non-hydrogen) atoms. The molecule has 2 aromatic carbocycles. The summed E-state index contributed by atoms with van der Waals surface area (Å²) >= 11 is 0. The highest BCUT2D eigenvalue weighted by atomic mass is 16.5. The number of oxazole rings is 1. The lowest BCUT2D eigenvalue weighted by atomic mass is 9.73. The van der Waals surface area contributed by atoms with Crippen molar-refractivity contribution in [1.82, 2.24) is 9.88 Å². The van der Waals surface area contributed by atoms with Crippen LogP contribution in [0, 0.1) is 5.92 Å². The number of hydrogen-bond donors (Lipinski definition) is 1. The standard InChI is InChI=1S/C27H34N2O3/c1-29(18-11-19-31-24-16-9-4-10-17-24)21-25-20-28-26(32-25)27(30,22-12-5-2-6-13-22)23-14-7-3-8-15-23/h2,4-6,9-10,12-13,16-17,20,23,30H,3,7-8,11,14-15,18-19,21H2,1H3/t27-/m1/s1. The average molecular weight is 435 g/mol. The molecule has 0 radical (unpaired) electrons. The van der Waals surface area contributed by atoms with Crippen LogP contribution in [0.25, 0.3) is 0 Å². The van der Waals surface area contributed by atoms with Crippen LogP contribution < -0.4 is 4.74 Å². The normalized spacial score (nSPS) is 16.7. The van der Waals surface area contributed by atoms with Crippen LogP contribution in [-0.4, -0.2) is 35.2 Å². The molecule has 0 saturated heterocycles. The first-order chi connectivity index (χ1) is 15.7. The Bertz CT molecular complexity index is 938. The van der Waals surface area contributed by atoms with Crippen LogP contribution in [0.2, 0.25) is 0 Å². The number of aliphatic hydroxyl groups is 1. The third kappa shape index (κ3) is 5.40. The van der Waals surface area contributed by atoms with E-state index in [1.165, 1.54) is 6.42 Å². The maximum atomic E-state index is 11.9. The summed E-state index contributed by atoms with van der Waals surface area (Å²) in [6.45, 7) is 2.20. The molecule has 1 saturated carbocycles. The molecule has 1 heterocycles. The summed E-state index contributed by atoms with van der Waals surface area (Å²) in [5.41, 5.74) is -0.311. The number of nitrogens with zero attached hydrogens (tertiary/aromatic N) is 2. The van der Waals surface area contributed by atoms with Gasteiger partial charge >= 0.3 is 0 Å². The monoisotopic (exact) mass is 434 g/mol. The number of benzene rings is 2.